The number of nitrogens with zero attached hydrogens (tertiary/aromatic N) is 3. The van der Waals surface area contributed by atoms with Crippen LogP contribution < -0.4 is 5.32 Å². The highest BCUT2D eigenvalue weighted by molar-refractivity contribution is 6.02. The summed E-state index contributed by atoms with van der Waals surface area (Å²) in [6, 6.07) is -3.28. The standard InChI is InChI=1S/C10H16N4O4/c1-5(14-8(16)12-13-9(14)17)7(15)11-6(2)10(3,4)18/h5-6,18H,1-4H3,(H,11,15). The number of hydrogen-bond acceptors (Lipinski definition) is 4. The molecule has 0 aromatic carbocycles. The van der Waals surface area contributed by atoms with Crippen LogP contribution in [0.1, 0.15) is 27.7 Å². The highest BCUT2D eigenvalue weighted by Gasteiger charge is 2.37. The maximum Gasteiger partial charge on any atom is 0.371 e. The summed E-state index contributed by atoms with van der Waals surface area (Å²) >= 11 is 0. The quantitative estimate of drug-likeness (QED) is 0.769. The molecule has 0 aromatic heterocycles. The van der Waals surface area contributed by atoms with E-state index in [2.05, 4.69) is 15.5 Å². The van der Waals surface area contributed by atoms with Crippen molar-refractivity contribution >= 4 is 18.0 Å². The molecule has 2 atom stereocenters. The minimum Gasteiger partial charge on any atom is -0.388 e. The molecule has 100 valence electrons. The molecule has 0 fully saturated rings. The van der Waals surface area contributed by atoms with E-state index in [9.17, 15) is 19.5 Å². The zero-order valence-corrected chi connectivity index (χ0v) is 10.7. The summed E-state index contributed by atoms with van der Waals surface area (Å²) in [5.41, 5.74) is -1.11. The Labute approximate surface area is 104 Å². The van der Waals surface area contributed by atoms with Crippen LogP contribution in [0, 0.1) is 0 Å². The summed E-state index contributed by atoms with van der Waals surface area (Å²) < 4.78 is 0. The number of carbonyl (C=O) groups excluding carboxylic acids is 3. The topological polar surface area (TPSA) is 111 Å². The van der Waals surface area contributed by atoms with Crippen molar-refractivity contribution < 1.29 is 19.5 Å². The lowest BCUT2D eigenvalue weighted by molar-refractivity contribution is -0.126. The first kappa shape index (κ1) is 14.2. The van der Waals surface area contributed by atoms with Gasteiger partial charge in [-0.1, -0.05) is 10.2 Å². The zero-order chi connectivity index (χ0) is 14.1. The summed E-state index contributed by atoms with van der Waals surface area (Å²) in [6.07, 6.45) is 0. The second-order valence-electron chi connectivity index (χ2n) is 4.70. The minimum absolute atomic E-state index is 0.533. The Morgan fingerprint density at radius 2 is 1.72 bits per heavy atom. The van der Waals surface area contributed by atoms with Crippen molar-refractivity contribution in [3.63, 3.8) is 0 Å². The Balaban J connectivity index is 2.68. The second kappa shape index (κ2) is 4.81. The van der Waals surface area contributed by atoms with Gasteiger partial charge in [-0.15, -0.1) is 0 Å². The smallest absolute Gasteiger partial charge is 0.371 e. The predicted octanol–water partition coefficient (Wildman–Crippen LogP) is 0.658. The molecule has 0 aliphatic carbocycles. The Morgan fingerprint density at radius 3 is 2.11 bits per heavy atom. The van der Waals surface area contributed by atoms with Crippen LogP contribution >= 0.6 is 0 Å². The average molecular weight is 256 g/mol. The second-order valence-corrected chi connectivity index (χ2v) is 4.70. The van der Waals surface area contributed by atoms with Gasteiger partial charge in [-0.05, 0) is 27.7 Å². The summed E-state index contributed by atoms with van der Waals surface area (Å²) in [5.74, 6) is -0.557. The third-order valence-corrected chi connectivity index (χ3v) is 2.82. The number of nitrogens with one attached hydrogen (secondary N) is 1. The fourth-order valence-electron chi connectivity index (χ4n) is 1.22. The van der Waals surface area contributed by atoms with E-state index in [0.29, 0.717) is 4.90 Å². The van der Waals surface area contributed by atoms with Crippen LogP contribution in [0.2, 0.25) is 0 Å². The molecule has 1 rings (SSSR count). The maximum absolute atomic E-state index is 11.8. The molecule has 0 radical (unpaired) electrons. The van der Waals surface area contributed by atoms with Crippen LogP contribution in [0.15, 0.2) is 10.2 Å². The van der Waals surface area contributed by atoms with E-state index in [1.807, 2.05) is 0 Å². The molecule has 0 saturated carbocycles. The highest BCUT2D eigenvalue weighted by Crippen LogP contribution is 2.13. The molecule has 5 amide bonds. The van der Waals surface area contributed by atoms with Gasteiger partial charge in [0.15, 0.2) is 0 Å². The van der Waals surface area contributed by atoms with E-state index in [1.54, 1.807) is 20.8 Å². The van der Waals surface area contributed by atoms with Gasteiger partial charge in [0.1, 0.15) is 6.04 Å². The van der Waals surface area contributed by atoms with Gasteiger partial charge in [0.2, 0.25) is 5.91 Å². The van der Waals surface area contributed by atoms with Crippen molar-refractivity contribution in [1.29, 1.82) is 0 Å². The molecule has 8 heteroatoms. The number of aliphatic hydroxyl groups is 1. The van der Waals surface area contributed by atoms with Crippen molar-refractivity contribution in [2.75, 3.05) is 0 Å². The van der Waals surface area contributed by atoms with Crippen LogP contribution in [0.25, 0.3) is 0 Å². The van der Waals surface area contributed by atoms with Crippen LogP contribution in [0.4, 0.5) is 9.59 Å². The van der Waals surface area contributed by atoms with Gasteiger partial charge in [-0.2, -0.15) is 0 Å². The number of urea groups is 2. The number of rotatable bonds is 4. The fourth-order valence-corrected chi connectivity index (χ4v) is 1.22. The monoisotopic (exact) mass is 256 g/mol. The molecule has 2 N–H and O–H groups in total. The Kier molecular flexibility index (Phi) is 3.80. The predicted molar refractivity (Wildman–Crippen MR) is 60.9 cm³/mol. The van der Waals surface area contributed by atoms with Gasteiger partial charge in [0.25, 0.3) is 0 Å². The van der Waals surface area contributed by atoms with Crippen molar-refractivity contribution in [2.24, 2.45) is 10.2 Å². The number of carbonyl (C=O) groups is 3. The van der Waals surface area contributed by atoms with E-state index < -0.39 is 35.7 Å². The third kappa shape index (κ3) is 2.89. The van der Waals surface area contributed by atoms with Gasteiger partial charge >= 0.3 is 12.1 Å². The number of amides is 5. The molecule has 0 aromatic rings. The fraction of sp³-hybridized carbons (Fsp3) is 0.700. The van der Waals surface area contributed by atoms with Gasteiger partial charge in [0, 0.05) is 0 Å². The lowest BCUT2D eigenvalue weighted by atomic mass is 10.0. The van der Waals surface area contributed by atoms with Crippen molar-refractivity contribution in [3.05, 3.63) is 0 Å². The van der Waals surface area contributed by atoms with Gasteiger partial charge < -0.3 is 10.4 Å². The van der Waals surface area contributed by atoms with Crippen LogP contribution in [0.3, 0.4) is 0 Å². The van der Waals surface area contributed by atoms with E-state index in [0.717, 1.165) is 0 Å². The number of imide groups is 1. The van der Waals surface area contributed by atoms with Gasteiger partial charge in [0.05, 0.1) is 11.6 Å². The third-order valence-electron chi connectivity index (χ3n) is 2.82. The molecule has 1 heterocycles. The van der Waals surface area contributed by atoms with E-state index in [-0.39, 0.29) is 0 Å². The Bertz CT molecular complexity index is 395. The van der Waals surface area contributed by atoms with Gasteiger partial charge in [-0.25, -0.2) is 14.5 Å². The molecular formula is C10H16N4O4. The normalized spacial score (nSPS) is 19.1. The molecule has 8 nitrogen and oxygen atoms in total. The Morgan fingerprint density at radius 1 is 1.28 bits per heavy atom. The van der Waals surface area contributed by atoms with Gasteiger partial charge in [-0.3, -0.25) is 4.79 Å². The molecule has 1 aliphatic heterocycles. The maximum atomic E-state index is 11.8. The molecular weight excluding hydrogens is 240 g/mol. The van der Waals surface area contributed by atoms with Crippen LogP contribution in [0.5, 0.6) is 0 Å². The first-order valence-corrected chi connectivity index (χ1v) is 5.46. The summed E-state index contributed by atoms with van der Waals surface area (Å²) in [7, 11) is 0. The van der Waals surface area contributed by atoms with Crippen molar-refractivity contribution in [2.45, 2.75) is 45.4 Å². The number of hydrogen-bond donors (Lipinski definition) is 2. The van der Waals surface area contributed by atoms with E-state index in [1.165, 1.54) is 6.92 Å². The molecule has 2 unspecified atom stereocenters. The summed E-state index contributed by atoms with van der Waals surface area (Å²) in [4.78, 5) is 34.9. The van der Waals surface area contributed by atoms with Crippen molar-refractivity contribution in [1.82, 2.24) is 10.2 Å². The van der Waals surface area contributed by atoms with E-state index in [4.69, 9.17) is 0 Å². The van der Waals surface area contributed by atoms with Crippen LogP contribution in [-0.2, 0) is 4.79 Å². The summed E-state index contributed by atoms with van der Waals surface area (Å²) in [6.45, 7) is 6.09. The largest absolute Gasteiger partial charge is 0.388 e. The van der Waals surface area contributed by atoms with Crippen LogP contribution in [-0.4, -0.2) is 45.7 Å². The first-order chi connectivity index (χ1) is 8.14. The first-order valence-electron chi connectivity index (χ1n) is 5.46. The van der Waals surface area contributed by atoms with E-state index >= 15 is 0 Å². The lowest BCUT2D eigenvalue weighted by Gasteiger charge is -2.29. The molecule has 18 heavy (non-hydrogen) atoms. The zero-order valence-electron chi connectivity index (χ0n) is 10.7. The SMILES string of the molecule is CC(C(=O)NC(C)C(C)(C)O)N1C(=O)N=NC1=O. The lowest BCUT2D eigenvalue weighted by Crippen LogP contribution is -2.54. The average Bonchev–Trinajstić information content (AvgIpc) is 2.56. The molecule has 0 spiro atoms. The molecule has 1 aliphatic rings. The summed E-state index contributed by atoms with van der Waals surface area (Å²) in [5, 5.41) is 18.3. The minimum atomic E-state index is -1.11. The molecule has 0 bridgehead atoms. The van der Waals surface area contributed by atoms with Crippen molar-refractivity contribution in [3.8, 4) is 0 Å². The highest BCUT2D eigenvalue weighted by atomic mass is 16.3. The Hall–Kier alpha value is -1.83. The molecule has 0 saturated heterocycles. The number of azo groups is 1.